The number of aliphatic carboxylic acids is 3. The molecule has 0 bridgehead atoms. The van der Waals surface area contributed by atoms with Crippen LogP contribution in [-0.2, 0) is 14.4 Å². The molecule has 0 unspecified atom stereocenters. The Balaban J connectivity index is -0.000000222. The van der Waals surface area contributed by atoms with Gasteiger partial charge in [0, 0.05) is 19.8 Å². The average Bonchev–Trinajstić information content (AvgIpc) is 2.13. The van der Waals surface area contributed by atoms with E-state index >= 15 is 0 Å². The molecule has 0 aliphatic rings. The molecular formula is C13H26O6. The quantitative estimate of drug-likeness (QED) is 0.729. The van der Waals surface area contributed by atoms with Crippen LogP contribution < -0.4 is 0 Å². The summed E-state index contributed by atoms with van der Waals surface area (Å²) in [6, 6.07) is 0. The van der Waals surface area contributed by atoms with Crippen LogP contribution in [0.2, 0.25) is 0 Å². The smallest absolute Gasteiger partial charge is 0.303 e. The standard InChI is InChI=1S/C7H14O2.C4H8O2.C2H4O2/c1-7(2,3)5-4-6(8)9;1-2-3-4(5)6;1-2(3)4/h4-5H2,1-3H3,(H,8,9);2-3H2,1H3,(H,5,6);1H3,(H,3,4). The fourth-order valence-corrected chi connectivity index (χ4v) is 0.696. The van der Waals surface area contributed by atoms with Gasteiger partial charge in [-0.3, -0.25) is 14.4 Å². The summed E-state index contributed by atoms with van der Waals surface area (Å²) in [5.41, 5.74) is 0.151. The first kappa shape index (κ1) is 22.6. The number of hydrogen-bond donors (Lipinski definition) is 3. The molecule has 0 aliphatic heterocycles. The first-order valence-corrected chi connectivity index (χ1v) is 6.05. The van der Waals surface area contributed by atoms with E-state index in [4.69, 9.17) is 20.1 Å². The first-order valence-electron chi connectivity index (χ1n) is 6.05. The molecule has 0 aromatic heterocycles. The first-order chi connectivity index (χ1) is 8.42. The normalized spacial score (nSPS) is 9.32. The van der Waals surface area contributed by atoms with Gasteiger partial charge in [-0.05, 0) is 18.3 Å². The lowest BCUT2D eigenvalue weighted by molar-refractivity contribution is -0.138. The van der Waals surface area contributed by atoms with Crippen LogP contribution in [0.15, 0.2) is 0 Å². The van der Waals surface area contributed by atoms with Gasteiger partial charge in [-0.1, -0.05) is 27.7 Å². The van der Waals surface area contributed by atoms with Crippen molar-refractivity contribution in [1.29, 1.82) is 0 Å². The second kappa shape index (κ2) is 12.9. The molecule has 0 fully saturated rings. The number of carboxylic acids is 3. The molecule has 0 spiro atoms. The molecule has 0 atom stereocenters. The zero-order valence-electron chi connectivity index (χ0n) is 12.4. The van der Waals surface area contributed by atoms with E-state index in [2.05, 4.69) is 0 Å². The SMILES string of the molecule is CC(=O)O.CC(C)(C)CCC(=O)O.CCCC(=O)O. The second-order valence-corrected chi connectivity index (χ2v) is 5.12. The monoisotopic (exact) mass is 278 g/mol. The molecule has 0 aromatic rings. The zero-order valence-corrected chi connectivity index (χ0v) is 12.4. The lowest BCUT2D eigenvalue weighted by Crippen LogP contribution is -2.07. The van der Waals surface area contributed by atoms with E-state index in [1.807, 2.05) is 27.7 Å². The van der Waals surface area contributed by atoms with E-state index in [9.17, 15) is 9.59 Å². The van der Waals surface area contributed by atoms with Crippen molar-refractivity contribution in [2.45, 2.75) is 60.3 Å². The van der Waals surface area contributed by atoms with Crippen LogP contribution >= 0.6 is 0 Å². The lowest BCUT2D eigenvalue weighted by atomic mass is 9.91. The van der Waals surface area contributed by atoms with Gasteiger partial charge >= 0.3 is 11.9 Å². The van der Waals surface area contributed by atoms with Gasteiger partial charge in [0.1, 0.15) is 0 Å². The molecule has 0 rings (SSSR count). The van der Waals surface area contributed by atoms with Gasteiger partial charge in [0.2, 0.25) is 0 Å². The Morgan fingerprint density at radius 2 is 1.21 bits per heavy atom. The Morgan fingerprint density at radius 3 is 1.26 bits per heavy atom. The highest BCUT2D eigenvalue weighted by molar-refractivity contribution is 5.66. The summed E-state index contributed by atoms with van der Waals surface area (Å²) in [6.07, 6.45) is 2.06. The van der Waals surface area contributed by atoms with Crippen molar-refractivity contribution < 1.29 is 29.7 Å². The fraction of sp³-hybridized carbons (Fsp3) is 0.769. The molecule has 0 amide bonds. The largest absolute Gasteiger partial charge is 0.481 e. The number of hydrogen-bond acceptors (Lipinski definition) is 3. The summed E-state index contributed by atoms with van der Waals surface area (Å²) in [7, 11) is 0. The summed E-state index contributed by atoms with van der Waals surface area (Å²) < 4.78 is 0. The maximum absolute atomic E-state index is 10.0. The Kier molecular flexibility index (Phi) is 15.3. The van der Waals surface area contributed by atoms with Gasteiger partial charge in [-0.25, -0.2) is 0 Å². The number of carbonyl (C=O) groups is 3. The van der Waals surface area contributed by atoms with Gasteiger partial charge in [0.05, 0.1) is 0 Å². The average molecular weight is 278 g/mol. The fourth-order valence-electron chi connectivity index (χ4n) is 0.696. The van der Waals surface area contributed by atoms with E-state index in [1.165, 1.54) is 0 Å². The molecule has 6 nitrogen and oxygen atoms in total. The third-order valence-corrected chi connectivity index (χ3v) is 1.55. The van der Waals surface area contributed by atoms with Crippen molar-refractivity contribution in [2.75, 3.05) is 0 Å². The van der Waals surface area contributed by atoms with Crippen LogP contribution in [0.5, 0.6) is 0 Å². The van der Waals surface area contributed by atoms with Crippen molar-refractivity contribution >= 4 is 17.9 Å². The van der Waals surface area contributed by atoms with E-state index in [1.54, 1.807) is 0 Å². The predicted molar refractivity (Wildman–Crippen MR) is 72.2 cm³/mol. The molecule has 6 heteroatoms. The Bertz CT molecular complexity index is 261. The molecule has 114 valence electrons. The zero-order chi connectivity index (χ0) is 16.1. The maximum atomic E-state index is 10.0. The predicted octanol–water partition coefficient (Wildman–Crippen LogP) is 2.86. The topological polar surface area (TPSA) is 112 Å². The van der Waals surface area contributed by atoms with Gasteiger partial charge in [-0.2, -0.15) is 0 Å². The summed E-state index contributed by atoms with van der Waals surface area (Å²) in [4.78, 5) is 28.6. The van der Waals surface area contributed by atoms with Gasteiger partial charge < -0.3 is 15.3 Å². The molecule has 3 N–H and O–H groups in total. The Morgan fingerprint density at radius 1 is 0.895 bits per heavy atom. The number of rotatable bonds is 4. The minimum atomic E-state index is -0.833. The van der Waals surface area contributed by atoms with Crippen LogP contribution in [0.3, 0.4) is 0 Å². The van der Waals surface area contributed by atoms with Crippen molar-refractivity contribution in [3.8, 4) is 0 Å². The summed E-state index contributed by atoms with van der Waals surface area (Å²) in [6.45, 7) is 9.04. The second-order valence-electron chi connectivity index (χ2n) is 5.12. The molecule has 0 saturated carbocycles. The van der Waals surface area contributed by atoms with Crippen molar-refractivity contribution in [3.63, 3.8) is 0 Å². The molecule has 0 aliphatic carbocycles. The highest BCUT2D eigenvalue weighted by Gasteiger charge is 2.11. The molecule has 0 aromatic carbocycles. The van der Waals surface area contributed by atoms with Gasteiger partial charge in [0.25, 0.3) is 5.97 Å². The van der Waals surface area contributed by atoms with Crippen LogP contribution in [0.25, 0.3) is 0 Å². The van der Waals surface area contributed by atoms with Crippen LogP contribution in [0, 0.1) is 5.41 Å². The summed E-state index contributed by atoms with van der Waals surface area (Å²) >= 11 is 0. The third kappa shape index (κ3) is 62.1. The minimum absolute atomic E-state index is 0.151. The van der Waals surface area contributed by atoms with Gasteiger partial charge in [0.15, 0.2) is 0 Å². The molecule has 0 saturated heterocycles. The van der Waals surface area contributed by atoms with Crippen molar-refractivity contribution in [1.82, 2.24) is 0 Å². The summed E-state index contributed by atoms with van der Waals surface area (Å²) in [5.74, 6) is -2.25. The Hall–Kier alpha value is -1.59. The highest BCUT2D eigenvalue weighted by Crippen LogP contribution is 2.19. The van der Waals surface area contributed by atoms with Crippen LogP contribution in [0.1, 0.15) is 60.3 Å². The lowest BCUT2D eigenvalue weighted by Gasteiger charge is -2.15. The maximum Gasteiger partial charge on any atom is 0.303 e. The van der Waals surface area contributed by atoms with Crippen LogP contribution in [0.4, 0.5) is 0 Å². The van der Waals surface area contributed by atoms with Crippen molar-refractivity contribution in [3.05, 3.63) is 0 Å². The molecular weight excluding hydrogens is 252 g/mol. The van der Waals surface area contributed by atoms with Gasteiger partial charge in [-0.15, -0.1) is 0 Å². The van der Waals surface area contributed by atoms with Crippen molar-refractivity contribution in [2.24, 2.45) is 5.41 Å². The minimum Gasteiger partial charge on any atom is -0.481 e. The van der Waals surface area contributed by atoms with E-state index in [0.717, 1.165) is 19.8 Å². The van der Waals surface area contributed by atoms with E-state index in [-0.39, 0.29) is 11.8 Å². The van der Waals surface area contributed by atoms with E-state index < -0.39 is 17.9 Å². The molecule has 0 heterocycles. The highest BCUT2D eigenvalue weighted by atomic mass is 16.4. The van der Waals surface area contributed by atoms with E-state index in [0.29, 0.717) is 6.42 Å². The molecule has 0 radical (unpaired) electrons. The third-order valence-electron chi connectivity index (χ3n) is 1.55. The molecule has 19 heavy (non-hydrogen) atoms. The van der Waals surface area contributed by atoms with Crippen LogP contribution in [-0.4, -0.2) is 33.2 Å². The Labute approximate surface area is 114 Å². The number of carboxylic acid groups (broad SMARTS) is 3. The summed E-state index contributed by atoms with van der Waals surface area (Å²) in [5, 5.41) is 23.6.